The minimum atomic E-state index is 0.753. The molecule has 0 N–H and O–H groups in total. The fourth-order valence-corrected chi connectivity index (χ4v) is 0.754. The van der Waals surface area contributed by atoms with Gasteiger partial charge in [0.05, 0.1) is 5.16 Å². The fourth-order valence-electron chi connectivity index (χ4n) is 0.479. The summed E-state index contributed by atoms with van der Waals surface area (Å²) < 4.78 is 0. The summed E-state index contributed by atoms with van der Waals surface area (Å²) in [7, 11) is 0. The molecule has 1 aromatic rings. The van der Waals surface area contributed by atoms with Crippen LogP contribution in [0.3, 0.4) is 0 Å². The predicted octanol–water partition coefficient (Wildman–Crippen LogP) is 3.45. The topological polar surface area (TPSA) is 12.4 Å². The van der Waals surface area contributed by atoms with Crippen molar-refractivity contribution in [1.29, 1.82) is 0 Å². The summed E-state index contributed by atoms with van der Waals surface area (Å²) in [6.07, 6.45) is 0. The molecule has 0 unspecified atom stereocenters. The Morgan fingerprint density at radius 1 is 1.42 bits per heavy atom. The van der Waals surface area contributed by atoms with Crippen LogP contribution in [0.5, 0.6) is 0 Å². The molecule has 0 aliphatic carbocycles. The van der Waals surface area contributed by atoms with Crippen LogP contribution in [0.1, 0.15) is 6.92 Å². The summed E-state index contributed by atoms with van der Waals surface area (Å²) in [5.74, 6) is 0. The molecular weight excluding hydrogens is 190 g/mol. The maximum Gasteiger partial charge on any atom is 0.0584 e. The Bertz CT molecular complexity index is 242. The van der Waals surface area contributed by atoms with Crippen LogP contribution in [0, 0.1) is 0 Å². The highest BCUT2D eigenvalue weighted by Gasteiger charge is 1.74. The molecule has 0 atom stereocenters. The molecule has 0 aromatic heterocycles. The first-order valence-corrected chi connectivity index (χ1v) is 4.34. The molecule has 12 heavy (non-hydrogen) atoms. The maximum absolute atomic E-state index is 5.54. The van der Waals surface area contributed by atoms with Gasteiger partial charge in [0.25, 0.3) is 0 Å². The second-order valence-electron chi connectivity index (χ2n) is 1.86. The zero-order valence-corrected chi connectivity index (χ0v) is 8.40. The van der Waals surface area contributed by atoms with Crippen LogP contribution in [-0.2, 0) is 0 Å². The molecular formula is C9H10ClNS. The minimum absolute atomic E-state index is 0.753. The van der Waals surface area contributed by atoms with Crippen LogP contribution in [-0.4, -0.2) is 11.7 Å². The Hall–Kier alpha value is -0.690. The van der Waals surface area contributed by atoms with E-state index in [1.54, 1.807) is 0 Å². The normalized spacial score (nSPS) is 7.50. The maximum atomic E-state index is 5.54. The number of benzene rings is 1. The Morgan fingerprint density at radius 2 is 2.00 bits per heavy atom. The van der Waals surface area contributed by atoms with E-state index in [1.807, 2.05) is 37.3 Å². The minimum Gasteiger partial charge on any atom is -0.233 e. The average Bonchev–Trinajstić information content (AvgIpc) is 2.08. The number of thiocarbonyl (C=S) groups is 1. The first-order valence-electron chi connectivity index (χ1n) is 3.55. The summed E-state index contributed by atoms with van der Waals surface area (Å²) >= 11 is 9.77. The summed E-state index contributed by atoms with van der Waals surface area (Å²) in [6.45, 7) is 2.67. The quantitative estimate of drug-likeness (QED) is 0.499. The smallest absolute Gasteiger partial charge is 0.0584 e. The molecule has 64 valence electrons. The largest absolute Gasteiger partial charge is 0.233 e. The summed E-state index contributed by atoms with van der Waals surface area (Å²) in [4.78, 5) is 3.54. The van der Waals surface area contributed by atoms with Gasteiger partial charge in [0.15, 0.2) is 0 Å². The van der Waals surface area contributed by atoms with Gasteiger partial charge in [0, 0.05) is 11.6 Å². The van der Waals surface area contributed by atoms with Gasteiger partial charge in [-0.3, -0.25) is 0 Å². The van der Waals surface area contributed by atoms with Crippen LogP contribution >= 0.6 is 23.8 Å². The van der Waals surface area contributed by atoms with Crippen LogP contribution < -0.4 is 0 Å². The molecule has 0 amide bonds. The predicted molar refractivity (Wildman–Crippen MR) is 57.0 cm³/mol. The Kier molecular flexibility index (Phi) is 7.92. The highest BCUT2D eigenvalue weighted by Crippen LogP contribution is 2.03. The molecule has 0 saturated heterocycles. The first-order chi connectivity index (χ1) is 5.81. The lowest BCUT2D eigenvalue weighted by Gasteiger charge is -1.80. The van der Waals surface area contributed by atoms with Gasteiger partial charge in [0.2, 0.25) is 0 Å². The first kappa shape index (κ1) is 11.3. The standard InChI is InChI=1S/C6H5Cl.C3H5NS/c7-6-4-2-1-3-5-6;1-2-4-3-5/h1-5H;2H2,1H3. The number of halogens is 1. The Balaban J connectivity index is 0.000000217. The molecule has 0 saturated carbocycles. The summed E-state index contributed by atoms with van der Waals surface area (Å²) in [6, 6.07) is 9.44. The van der Waals surface area contributed by atoms with E-state index >= 15 is 0 Å². The second-order valence-corrected chi connectivity index (χ2v) is 2.48. The van der Waals surface area contributed by atoms with Gasteiger partial charge in [-0.05, 0) is 31.3 Å². The van der Waals surface area contributed by atoms with Gasteiger partial charge in [-0.25, -0.2) is 4.99 Å². The van der Waals surface area contributed by atoms with E-state index in [4.69, 9.17) is 11.6 Å². The van der Waals surface area contributed by atoms with Crippen molar-refractivity contribution in [2.75, 3.05) is 6.54 Å². The lowest BCUT2D eigenvalue weighted by molar-refractivity contribution is 1.15. The van der Waals surface area contributed by atoms with E-state index < -0.39 is 0 Å². The van der Waals surface area contributed by atoms with Gasteiger partial charge < -0.3 is 0 Å². The van der Waals surface area contributed by atoms with Crippen LogP contribution in [0.2, 0.25) is 5.02 Å². The molecule has 0 heterocycles. The van der Waals surface area contributed by atoms with Crippen LogP contribution in [0.15, 0.2) is 35.3 Å². The number of aliphatic imine (C=N–C) groups is 1. The van der Waals surface area contributed by atoms with Crippen molar-refractivity contribution in [2.45, 2.75) is 6.92 Å². The number of rotatable bonds is 1. The molecule has 3 heteroatoms. The summed E-state index contributed by atoms with van der Waals surface area (Å²) in [5, 5.41) is 3.02. The molecule has 0 aliphatic rings. The Morgan fingerprint density at radius 3 is 2.17 bits per heavy atom. The van der Waals surface area contributed by atoms with Crippen molar-refractivity contribution in [3.8, 4) is 0 Å². The van der Waals surface area contributed by atoms with Crippen molar-refractivity contribution in [3.05, 3.63) is 35.4 Å². The van der Waals surface area contributed by atoms with Crippen LogP contribution in [0.4, 0.5) is 0 Å². The fraction of sp³-hybridized carbons (Fsp3) is 0.222. The van der Waals surface area contributed by atoms with E-state index in [-0.39, 0.29) is 0 Å². The molecule has 1 rings (SSSR count). The number of isothiocyanates is 1. The third kappa shape index (κ3) is 7.42. The third-order valence-corrected chi connectivity index (χ3v) is 1.34. The second kappa shape index (κ2) is 8.41. The van der Waals surface area contributed by atoms with Crippen molar-refractivity contribution in [3.63, 3.8) is 0 Å². The number of hydrogen-bond acceptors (Lipinski definition) is 2. The molecule has 0 radical (unpaired) electrons. The molecule has 1 nitrogen and oxygen atoms in total. The van der Waals surface area contributed by atoms with E-state index in [9.17, 15) is 0 Å². The van der Waals surface area contributed by atoms with E-state index in [2.05, 4.69) is 22.4 Å². The third-order valence-electron chi connectivity index (χ3n) is 0.956. The summed E-state index contributed by atoms with van der Waals surface area (Å²) in [5.41, 5.74) is 0. The molecule has 0 spiro atoms. The molecule has 1 aromatic carbocycles. The van der Waals surface area contributed by atoms with Gasteiger partial charge in [-0.15, -0.1) is 0 Å². The lowest BCUT2D eigenvalue weighted by atomic mass is 10.4. The Labute approximate surface area is 83.1 Å². The molecule has 0 aliphatic heterocycles. The van der Waals surface area contributed by atoms with E-state index in [0.29, 0.717) is 0 Å². The van der Waals surface area contributed by atoms with E-state index in [1.165, 1.54) is 0 Å². The molecule has 0 fully saturated rings. The van der Waals surface area contributed by atoms with Crippen molar-refractivity contribution in [2.24, 2.45) is 4.99 Å². The zero-order chi connectivity index (χ0) is 9.23. The van der Waals surface area contributed by atoms with Gasteiger partial charge in [-0.2, -0.15) is 0 Å². The SMILES string of the molecule is CCN=C=S.Clc1ccccc1. The highest BCUT2D eigenvalue weighted by molar-refractivity contribution is 7.78. The van der Waals surface area contributed by atoms with Gasteiger partial charge >= 0.3 is 0 Å². The lowest BCUT2D eigenvalue weighted by Crippen LogP contribution is -1.57. The van der Waals surface area contributed by atoms with Crippen molar-refractivity contribution < 1.29 is 0 Å². The molecule has 0 bridgehead atoms. The van der Waals surface area contributed by atoms with Gasteiger partial charge in [0.1, 0.15) is 0 Å². The van der Waals surface area contributed by atoms with Crippen LogP contribution in [0.25, 0.3) is 0 Å². The number of hydrogen-bond donors (Lipinski definition) is 0. The van der Waals surface area contributed by atoms with Crippen molar-refractivity contribution >= 4 is 29.0 Å². The van der Waals surface area contributed by atoms with Gasteiger partial charge in [-0.1, -0.05) is 29.8 Å². The number of nitrogens with zero attached hydrogens (tertiary/aromatic N) is 1. The average molecular weight is 200 g/mol. The zero-order valence-electron chi connectivity index (χ0n) is 6.83. The highest BCUT2D eigenvalue weighted by atomic mass is 35.5. The van der Waals surface area contributed by atoms with Crippen molar-refractivity contribution in [1.82, 2.24) is 0 Å². The monoisotopic (exact) mass is 199 g/mol. The van der Waals surface area contributed by atoms with E-state index in [0.717, 1.165) is 11.6 Å².